The number of benzene rings is 1. The molecule has 0 aliphatic carbocycles. The molecular weight excluding hydrogens is 264 g/mol. The molecule has 0 spiro atoms. The number of carboxylic acids is 1. The maximum absolute atomic E-state index is 12.4. The molecule has 0 amide bonds. The first-order valence-corrected chi connectivity index (χ1v) is 6.38. The van der Waals surface area contributed by atoms with E-state index in [9.17, 15) is 9.59 Å². The lowest BCUT2D eigenvalue weighted by Crippen LogP contribution is -2.25. The summed E-state index contributed by atoms with van der Waals surface area (Å²) in [5, 5.41) is 9.38. The van der Waals surface area contributed by atoms with Gasteiger partial charge in [0, 0.05) is 6.04 Å². The molecule has 100 valence electrons. The Morgan fingerprint density at radius 2 is 2.21 bits per heavy atom. The van der Waals surface area contributed by atoms with Gasteiger partial charge < -0.3 is 10.1 Å². The highest BCUT2D eigenvalue weighted by atomic mass is 32.1. The molecule has 0 saturated carbocycles. The van der Waals surface area contributed by atoms with Gasteiger partial charge in [0.15, 0.2) is 4.77 Å². The first-order chi connectivity index (χ1) is 8.95. The van der Waals surface area contributed by atoms with Crippen molar-refractivity contribution >= 4 is 29.1 Å². The van der Waals surface area contributed by atoms with Gasteiger partial charge in [-0.3, -0.25) is 9.36 Å². The van der Waals surface area contributed by atoms with Crippen LogP contribution in [0.1, 0.15) is 36.7 Å². The Kier molecular flexibility index (Phi) is 3.53. The lowest BCUT2D eigenvalue weighted by atomic mass is 10.1. The zero-order valence-electron chi connectivity index (χ0n) is 10.6. The highest BCUT2D eigenvalue weighted by Crippen LogP contribution is 2.14. The number of fused-ring (bicyclic) bond motifs is 1. The van der Waals surface area contributed by atoms with E-state index in [0.717, 1.165) is 6.42 Å². The molecule has 6 heteroatoms. The molecule has 0 fully saturated rings. The standard InChI is InChI=1S/C13H14N2O3S/c1-3-7(2)15-11(16)9-5-4-8(12(17)18)6-10(9)14-13(15)19/h4-7H,3H2,1-2H3,(H,14,19)(H,17,18). The number of nitrogens with zero attached hydrogens (tertiary/aromatic N) is 1. The summed E-state index contributed by atoms with van der Waals surface area (Å²) in [5.41, 5.74) is 0.387. The van der Waals surface area contributed by atoms with Gasteiger partial charge in [-0.25, -0.2) is 4.79 Å². The number of aromatic amines is 1. The summed E-state index contributed by atoms with van der Waals surface area (Å²) < 4.78 is 1.84. The summed E-state index contributed by atoms with van der Waals surface area (Å²) in [6.07, 6.45) is 0.788. The molecular formula is C13H14N2O3S. The molecule has 0 aliphatic rings. The van der Waals surface area contributed by atoms with Crippen LogP contribution < -0.4 is 5.56 Å². The van der Waals surface area contributed by atoms with Gasteiger partial charge in [0.2, 0.25) is 0 Å². The van der Waals surface area contributed by atoms with Crippen molar-refractivity contribution in [2.24, 2.45) is 0 Å². The van der Waals surface area contributed by atoms with E-state index >= 15 is 0 Å². The molecule has 5 nitrogen and oxygen atoms in total. The number of H-pyrrole nitrogens is 1. The van der Waals surface area contributed by atoms with Crippen LogP contribution in [0.3, 0.4) is 0 Å². The van der Waals surface area contributed by atoms with E-state index in [4.69, 9.17) is 17.3 Å². The number of carboxylic acid groups (broad SMARTS) is 1. The summed E-state index contributed by atoms with van der Waals surface area (Å²) in [5.74, 6) is -1.03. The Balaban J connectivity index is 2.81. The SMILES string of the molecule is CCC(C)n1c(=S)[nH]c2cc(C(=O)O)ccc2c1=O. The van der Waals surface area contributed by atoms with Crippen molar-refractivity contribution in [1.82, 2.24) is 9.55 Å². The normalized spacial score (nSPS) is 12.5. The van der Waals surface area contributed by atoms with Crippen LogP contribution in [0.4, 0.5) is 0 Å². The zero-order valence-corrected chi connectivity index (χ0v) is 11.5. The molecule has 2 rings (SSSR count). The minimum absolute atomic E-state index is 0.000185. The van der Waals surface area contributed by atoms with Gasteiger partial charge in [0.05, 0.1) is 16.5 Å². The topological polar surface area (TPSA) is 75.1 Å². The van der Waals surface area contributed by atoms with Gasteiger partial charge >= 0.3 is 5.97 Å². The van der Waals surface area contributed by atoms with Gasteiger partial charge in [-0.15, -0.1) is 0 Å². The number of hydrogen-bond acceptors (Lipinski definition) is 3. The van der Waals surface area contributed by atoms with E-state index in [1.165, 1.54) is 22.8 Å². The quantitative estimate of drug-likeness (QED) is 0.846. The van der Waals surface area contributed by atoms with Crippen LogP contribution in [0.25, 0.3) is 10.9 Å². The molecule has 0 aliphatic heterocycles. The maximum Gasteiger partial charge on any atom is 0.335 e. The highest BCUT2D eigenvalue weighted by molar-refractivity contribution is 7.71. The van der Waals surface area contributed by atoms with E-state index in [1.807, 2.05) is 13.8 Å². The van der Waals surface area contributed by atoms with Crippen molar-refractivity contribution in [3.63, 3.8) is 0 Å². The molecule has 19 heavy (non-hydrogen) atoms. The molecule has 1 unspecified atom stereocenters. The van der Waals surface area contributed by atoms with Crippen LogP contribution >= 0.6 is 12.2 Å². The molecule has 2 N–H and O–H groups in total. The second-order valence-corrected chi connectivity index (χ2v) is 4.81. The predicted octanol–water partition coefficient (Wildman–Crippen LogP) is 2.73. The first kappa shape index (κ1) is 13.5. The summed E-state index contributed by atoms with van der Waals surface area (Å²) in [6.45, 7) is 3.89. The second-order valence-electron chi connectivity index (χ2n) is 4.43. The van der Waals surface area contributed by atoms with E-state index in [0.29, 0.717) is 15.7 Å². The zero-order chi connectivity index (χ0) is 14.2. The minimum atomic E-state index is -1.03. The number of nitrogens with one attached hydrogen (secondary N) is 1. The maximum atomic E-state index is 12.4. The van der Waals surface area contributed by atoms with Crippen molar-refractivity contribution in [3.8, 4) is 0 Å². The van der Waals surface area contributed by atoms with Crippen LogP contribution in [0.15, 0.2) is 23.0 Å². The Bertz CT molecular complexity index is 761. The lowest BCUT2D eigenvalue weighted by molar-refractivity contribution is 0.0697. The molecule has 0 saturated heterocycles. The number of aromatic nitrogens is 2. The van der Waals surface area contributed by atoms with Gasteiger partial charge in [-0.05, 0) is 43.8 Å². The largest absolute Gasteiger partial charge is 0.478 e. The van der Waals surface area contributed by atoms with Gasteiger partial charge in [-0.1, -0.05) is 6.92 Å². The minimum Gasteiger partial charge on any atom is -0.478 e. The third-order valence-corrected chi connectivity index (χ3v) is 3.51. The van der Waals surface area contributed by atoms with E-state index in [2.05, 4.69) is 4.98 Å². The number of rotatable bonds is 3. The summed E-state index contributed by atoms with van der Waals surface area (Å²) in [6, 6.07) is 4.37. The van der Waals surface area contributed by atoms with Crippen molar-refractivity contribution in [2.75, 3.05) is 0 Å². The highest BCUT2D eigenvalue weighted by Gasteiger charge is 2.12. The fraction of sp³-hybridized carbons (Fsp3) is 0.308. The molecule has 0 bridgehead atoms. The molecule has 2 aromatic rings. The Hall–Kier alpha value is -1.95. The van der Waals surface area contributed by atoms with Crippen LogP contribution in [-0.4, -0.2) is 20.6 Å². The smallest absolute Gasteiger partial charge is 0.335 e. The fourth-order valence-corrected chi connectivity index (χ4v) is 2.32. The van der Waals surface area contributed by atoms with Crippen LogP contribution in [0.5, 0.6) is 0 Å². The van der Waals surface area contributed by atoms with Crippen molar-refractivity contribution in [2.45, 2.75) is 26.3 Å². The van der Waals surface area contributed by atoms with E-state index < -0.39 is 5.97 Å². The van der Waals surface area contributed by atoms with Crippen molar-refractivity contribution in [1.29, 1.82) is 0 Å². The van der Waals surface area contributed by atoms with Gasteiger partial charge in [0.25, 0.3) is 5.56 Å². The Labute approximate surface area is 114 Å². The lowest BCUT2D eigenvalue weighted by Gasteiger charge is -2.14. The average molecular weight is 278 g/mol. The second kappa shape index (κ2) is 4.97. The Morgan fingerprint density at radius 1 is 1.53 bits per heavy atom. The van der Waals surface area contributed by atoms with E-state index in [1.54, 1.807) is 0 Å². The average Bonchev–Trinajstić information content (AvgIpc) is 2.37. The third-order valence-electron chi connectivity index (χ3n) is 3.21. The van der Waals surface area contributed by atoms with Gasteiger partial charge in [-0.2, -0.15) is 0 Å². The molecule has 1 atom stereocenters. The monoisotopic (exact) mass is 278 g/mol. The van der Waals surface area contributed by atoms with Crippen LogP contribution in [-0.2, 0) is 0 Å². The first-order valence-electron chi connectivity index (χ1n) is 5.97. The molecule has 1 aromatic heterocycles. The number of carbonyl (C=O) groups is 1. The molecule has 1 heterocycles. The summed E-state index contributed by atoms with van der Waals surface area (Å²) in [7, 11) is 0. The van der Waals surface area contributed by atoms with Crippen molar-refractivity contribution in [3.05, 3.63) is 38.9 Å². The third kappa shape index (κ3) is 2.31. The molecule has 0 radical (unpaired) electrons. The van der Waals surface area contributed by atoms with Gasteiger partial charge in [0.1, 0.15) is 0 Å². The van der Waals surface area contributed by atoms with Crippen LogP contribution in [0.2, 0.25) is 0 Å². The number of hydrogen-bond donors (Lipinski definition) is 2. The summed E-state index contributed by atoms with van der Waals surface area (Å²) >= 11 is 5.18. The number of aromatic carboxylic acids is 1. The Morgan fingerprint density at radius 3 is 2.79 bits per heavy atom. The van der Waals surface area contributed by atoms with Crippen LogP contribution in [0, 0.1) is 4.77 Å². The van der Waals surface area contributed by atoms with E-state index in [-0.39, 0.29) is 17.2 Å². The summed E-state index contributed by atoms with van der Waals surface area (Å²) in [4.78, 5) is 26.2. The fourth-order valence-electron chi connectivity index (χ4n) is 1.95. The molecule has 1 aromatic carbocycles. The predicted molar refractivity (Wildman–Crippen MR) is 75.4 cm³/mol. The van der Waals surface area contributed by atoms with Crippen molar-refractivity contribution < 1.29 is 9.90 Å².